The molecule has 0 aliphatic heterocycles. The highest BCUT2D eigenvalue weighted by molar-refractivity contribution is 5.56. The first kappa shape index (κ1) is 18.3. The number of halogens is 1. The van der Waals surface area contributed by atoms with E-state index >= 15 is 0 Å². The Balaban J connectivity index is 2.12. The average Bonchev–Trinajstić information content (AvgIpc) is 2.79. The summed E-state index contributed by atoms with van der Waals surface area (Å²) in [5, 5.41) is 16.8. The number of benzene rings is 1. The van der Waals surface area contributed by atoms with Crippen LogP contribution in [0, 0.1) is 19.7 Å². The lowest BCUT2D eigenvalue weighted by Crippen LogP contribution is -2.26. The third-order valence-corrected chi connectivity index (χ3v) is 4.41. The molecular weight excluding hydrogens is 307 g/mol. The first-order chi connectivity index (χ1) is 11.3. The Labute approximate surface area is 143 Å². The standard InChI is InChI=1S/C18H27FN4O/c1-12(2)22(5)18-7-6-15(10-17(18)19)20-11-16-13(3)21-23(8-9-24)14(16)4/h6-7,10,12,20,24H,8-9,11H2,1-5H3. The molecule has 0 aliphatic carbocycles. The van der Waals surface area contributed by atoms with Gasteiger partial charge in [-0.05, 0) is 45.9 Å². The van der Waals surface area contributed by atoms with Gasteiger partial charge < -0.3 is 15.3 Å². The molecule has 0 fully saturated rings. The van der Waals surface area contributed by atoms with Gasteiger partial charge in [-0.3, -0.25) is 4.68 Å². The summed E-state index contributed by atoms with van der Waals surface area (Å²) in [6, 6.07) is 5.45. The normalized spacial score (nSPS) is 11.2. The van der Waals surface area contributed by atoms with Gasteiger partial charge in [0.05, 0.1) is 24.5 Å². The third-order valence-electron chi connectivity index (χ3n) is 4.41. The predicted octanol–water partition coefficient (Wildman–Crippen LogP) is 3.09. The molecule has 0 spiro atoms. The van der Waals surface area contributed by atoms with Crippen molar-refractivity contribution in [2.75, 3.05) is 23.9 Å². The van der Waals surface area contributed by atoms with Gasteiger partial charge in [0.15, 0.2) is 0 Å². The van der Waals surface area contributed by atoms with Gasteiger partial charge in [-0.1, -0.05) is 0 Å². The lowest BCUT2D eigenvalue weighted by molar-refractivity contribution is 0.268. The van der Waals surface area contributed by atoms with Crippen molar-refractivity contribution in [1.29, 1.82) is 0 Å². The molecule has 0 radical (unpaired) electrons. The van der Waals surface area contributed by atoms with Crippen LogP contribution < -0.4 is 10.2 Å². The monoisotopic (exact) mass is 334 g/mol. The van der Waals surface area contributed by atoms with E-state index in [0.29, 0.717) is 18.8 Å². The van der Waals surface area contributed by atoms with Crippen LogP contribution in [0.3, 0.4) is 0 Å². The maximum Gasteiger partial charge on any atom is 0.148 e. The Kier molecular flexibility index (Phi) is 5.83. The van der Waals surface area contributed by atoms with E-state index in [2.05, 4.69) is 10.4 Å². The minimum atomic E-state index is -0.236. The van der Waals surface area contributed by atoms with Crippen LogP contribution in [0.25, 0.3) is 0 Å². The molecule has 24 heavy (non-hydrogen) atoms. The minimum absolute atomic E-state index is 0.0604. The Morgan fingerprint density at radius 1 is 1.33 bits per heavy atom. The molecule has 1 heterocycles. The van der Waals surface area contributed by atoms with Gasteiger partial charge in [0.2, 0.25) is 0 Å². The second kappa shape index (κ2) is 7.66. The van der Waals surface area contributed by atoms with E-state index in [1.807, 2.05) is 45.7 Å². The van der Waals surface area contributed by atoms with Gasteiger partial charge in [-0.15, -0.1) is 0 Å². The van der Waals surface area contributed by atoms with Crippen molar-refractivity contribution < 1.29 is 9.50 Å². The number of aliphatic hydroxyl groups is 1. The molecule has 2 aromatic rings. The molecule has 1 aromatic carbocycles. The van der Waals surface area contributed by atoms with Gasteiger partial charge in [-0.25, -0.2) is 4.39 Å². The molecule has 2 rings (SSSR count). The van der Waals surface area contributed by atoms with Crippen LogP contribution in [0.4, 0.5) is 15.8 Å². The molecule has 0 bridgehead atoms. The van der Waals surface area contributed by atoms with Crippen LogP contribution in [0.2, 0.25) is 0 Å². The van der Waals surface area contributed by atoms with Crippen LogP contribution in [0.15, 0.2) is 18.2 Å². The minimum Gasteiger partial charge on any atom is -0.394 e. The number of nitrogens with zero attached hydrogens (tertiary/aromatic N) is 3. The van der Waals surface area contributed by atoms with E-state index in [9.17, 15) is 4.39 Å². The summed E-state index contributed by atoms with van der Waals surface area (Å²) < 4.78 is 16.1. The summed E-state index contributed by atoms with van der Waals surface area (Å²) in [5.74, 6) is -0.236. The largest absolute Gasteiger partial charge is 0.394 e. The highest BCUT2D eigenvalue weighted by atomic mass is 19.1. The van der Waals surface area contributed by atoms with Crippen LogP contribution in [-0.2, 0) is 13.1 Å². The lowest BCUT2D eigenvalue weighted by atomic mass is 10.2. The van der Waals surface area contributed by atoms with E-state index in [1.165, 1.54) is 6.07 Å². The molecule has 0 atom stereocenters. The van der Waals surface area contributed by atoms with Crippen molar-refractivity contribution in [3.8, 4) is 0 Å². The Morgan fingerprint density at radius 2 is 2.04 bits per heavy atom. The molecule has 132 valence electrons. The number of hydrogen-bond acceptors (Lipinski definition) is 4. The van der Waals surface area contributed by atoms with Gasteiger partial charge in [0.25, 0.3) is 0 Å². The molecule has 5 nitrogen and oxygen atoms in total. The van der Waals surface area contributed by atoms with E-state index in [4.69, 9.17) is 5.11 Å². The summed E-state index contributed by atoms with van der Waals surface area (Å²) in [6.07, 6.45) is 0. The van der Waals surface area contributed by atoms with Crippen molar-refractivity contribution in [2.24, 2.45) is 0 Å². The van der Waals surface area contributed by atoms with Crippen LogP contribution in [0.1, 0.15) is 30.8 Å². The number of aromatic nitrogens is 2. The molecule has 0 saturated heterocycles. The summed E-state index contributed by atoms with van der Waals surface area (Å²) >= 11 is 0. The molecule has 0 aliphatic rings. The topological polar surface area (TPSA) is 53.3 Å². The van der Waals surface area contributed by atoms with Gasteiger partial charge in [0, 0.05) is 36.6 Å². The summed E-state index contributed by atoms with van der Waals surface area (Å²) in [5.41, 5.74) is 4.35. The first-order valence-electron chi connectivity index (χ1n) is 8.25. The van der Waals surface area contributed by atoms with Crippen molar-refractivity contribution in [2.45, 2.75) is 46.8 Å². The second-order valence-electron chi connectivity index (χ2n) is 6.32. The smallest absolute Gasteiger partial charge is 0.148 e. The lowest BCUT2D eigenvalue weighted by Gasteiger charge is -2.24. The number of anilines is 2. The third kappa shape index (κ3) is 3.87. The van der Waals surface area contributed by atoms with Crippen molar-refractivity contribution in [3.63, 3.8) is 0 Å². The SMILES string of the molecule is Cc1nn(CCO)c(C)c1CNc1ccc(N(C)C(C)C)c(F)c1. The number of nitrogens with one attached hydrogen (secondary N) is 1. The first-order valence-corrected chi connectivity index (χ1v) is 8.25. The van der Waals surface area contributed by atoms with Crippen LogP contribution >= 0.6 is 0 Å². The molecule has 2 N–H and O–H groups in total. The van der Waals surface area contributed by atoms with E-state index < -0.39 is 0 Å². The Hall–Kier alpha value is -2.08. The Bertz CT molecular complexity index is 697. The number of aliphatic hydroxyl groups excluding tert-OH is 1. The quantitative estimate of drug-likeness (QED) is 0.817. The highest BCUT2D eigenvalue weighted by Crippen LogP contribution is 2.24. The summed E-state index contributed by atoms with van der Waals surface area (Å²) in [6.45, 7) is 9.10. The second-order valence-corrected chi connectivity index (χ2v) is 6.32. The highest BCUT2D eigenvalue weighted by Gasteiger charge is 2.13. The predicted molar refractivity (Wildman–Crippen MR) is 96.1 cm³/mol. The van der Waals surface area contributed by atoms with Gasteiger partial charge in [-0.2, -0.15) is 5.10 Å². The summed E-state index contributed by atoms with van der Waals surface area (Å²) in [4.78, 5) is 1.91. The van der Waals surface area contributed by atoms with Crippen LogP contribution in [0.5, 0.6) is 0 Å². The van der Waals surface area contributed by atoms with Crippen LogP contribution in [-0.4, -0.2) is 34.6 Å². The maximum absolute atomic E-state index is 14.3. The fraction of sp³-hybridized carbons (Fsp3) is 0.500. The molecular formula is C18H27FN4O. The zero-order valence-corrected chi connectivity index (χ0v) is 15.1. The molecule has 0 unspecified atom stereocenters. The zero-order valence-electron chi connectivity index (χ0n) is 15.1. The van der Waals surface area contributed by atoms with Crippen molar-refractivity contribution in [3.05, 3.63) is 41.0 Å². The van der Waals surface area contributed by atoms with E-state index in [1.54, 1.807) is 10.7 Å². The Morgan fingerprint density at radius 3 is 2.62 bits per heavy atom. The molecule has 6 heteroatoms. The fourth-order valence-electron chi connectivity index (χ4n) is 2.67. The number of hydrogen-bond donors (Lipinski definition) is 2. The summed E-state index contributed by atoms with van der Waals surface area (Å²) in [7, 11) is 1.89. The molecule has 0 saturated carbocycles. The number of aryl methyl sites for hydroxylation is 1. The molecule has 1 aromatic heterocycles. The van der Waals surface area contributed by atoms with Gasteiger partial charge in [0.1, 0.15) is 5.82 Å². The molecule has 0 amide bonds. The van der Waals surface area contributed by atoms with Crippen molar-refractivity contribution in [1.82, 2.24) is 9.78 Å². The zero-order chi connectivity index (χ0) is 17.9. The maximum atomic E-state index is 14.3. The van der Waals surface area contributed by atoms with Gasteiger partial charge >= 0.3 is 0 Å². The fourth-order valence-corrected chi connectivity index (χ4v) is 2.67. The number of rotatable bonds is 7. The van der Waals surface area contributed by atoms with E-state index in [-0.39, 0.29) is 18.5 Å². The van der Waals surface area contributed by atoms with E-state index in [0.717, 1.165) is 22.6 Å². The van der Waals surface area contributed by atoms with Crippen molar-refractivity contribution >= 4 is 11.4 Å². The average molecular weight is 334 g/mol.